The standard InChI is InChI=1S/C18H22N6S/c1-3-15-7-8-16(25-15)11-21-18(19-2)20-10-13-5-4-6-14(9-13)17-22-12-23-24-17/h4-9,12H,3,10-11H2,1-2H3,(H2,19,20,21)(H,22,23,24). The van der Waals surface area contributed by atoms with Gasteiger partial charge in [-0.2, -0.15) is 5.10 Å². The van der Waals surface area contributed by atoms with Crippen molar-refractivity contribution < 1.29 is 0 Å². The first kappa shape index (κ1) is 17.2. The number of thiophene rings is 1. The molecule has 0 atom stereocenters. The average Bonchev–Trinajstić information content (AvgIpc) is 3.34. The highest BCUT2D eigenvalue weighted by atomic mass is 32.1. The number of H-pyrrole nitrogens is 1. The number of aliphatic imine (C=N–C) groups is 1. The summed E-state index contributed by atoms with van der Waals surface area (Å²) in [5.41, 5.74) is 2.17. The molecule has 0 bridgehead atoms. The van der Waals surface area contributed by atoms with Gasteiger partial charge in [0.2, 0.25) is 0 Å². The number of nitrogens with one attached hydrogen (secondary N) is 3. The van der Waals surface area contributed by atoms with E-state index in [1.807, 2.05) is 23.5 Å². The van der Waals surface area contributed by atoms with Crippen molar-refractivity contribution in [3.05, 3.63) is 58.0 Å². The van der Waals surface area contributed by atoms with Crippen molar-refractivity contribution in [1.82, 2.24) is 25.8 Å². The Hall–Kier alpha value is -2.67. The first-order chi connectivity index (χ1) is 12.3. The van der Waals surface area contributed by atoms with Gasteiger partial charge in [0, 0.05) is 28.9 Å². The van der Waals surface area contributed by atoms with Crippen molar-refractivity contribution in [3.63, 3.8) is 0 Å². The van der Waals surface area contributed by atoms with E-state index in [1.165, 1.54) is 16.1 Å². The number of aryl methyl sites for hydroxylation is 1. The van der Waals surface area contributed by atoms with Crippen LogP contribution in [-0.4, -0.2) is 28.2 Å². The molecule has 3 N–H and O–H groups in total. The molecule has 3 rings (SSSR count). The normalized spacial score (nSPS) is 11.5. The van der Waals surface area contributed by atoms with Crippen LogP contribution in [0, 0.1) is 0 Å². The molecule has 2 heterocycles. The molecular formula is C18H22N6S. The third-order valence-corrected chi connectivity index (χ3v) is 5.02. The summed E-state index contributed by atoms with van der Waals surface area (Å²) < 4.78 is 0. The molecule has 2 aromatic heterocycles. The summed E-state index contributed by atoms with van der Waals surface area (Å²) in [5.74, 6) is 1.56. The molecule has 0 unspecified atom stereocenters. The average molecular weight is 354 g/mol. The van der Waals surface area contributed by atoms with E-state index in [0.29, 0.717) is 6.54 Å². The lowest BCUT2D eigenvalue weighted by molar-refractivity contribution is 0.815. The van der Waals surface area contributed by atoms with E-state index in [9.17, 15) is 0 Å². The SMILES string of the molecule is CCc1ccc(CNC(=NC)NCc2cccc(-c3ncn[nH]3)c2)s1. The Labute approximate surface area is 151 Å². The van der Waals surface area contributed by atoms with Crippen LogP contribution in [0.2, 0.25) is 0 Å². The van der Waals surface area contributed by atoms with Crippen LogP contribution in [0.1, 0.15) is 22.2 Å². The second kappa shape index (κ2) is 8.43. The van der Waals surface area contributed by atoms with Gasteiger partial charge in [-0.15, -0.1) is 11.3 Å². The maximum atomic E-state index is 4.29. The van der Waals surface area contributed by atoms with Crippen molar-refractivity contribution in [3.8, 4) is 11.4 Å². The van der Waals surface area contributed by atoms with Gasteiger partial charge >= 0.3 is 0 Å². The Balaban J connectivity index is 1.55. The zero-order chi connectivity index (χ0) is 17.5. The molecule has 0 fully saturated rings. The van der Waals surface area contributed by atoms with Gasteiger partial charge < -0.3 is 10.6 Å². The van der Waals surface area contributed by atoms with E-state index in [1.54, 1.807) is 7.05 Å². The molecule has 25 heavy (non-hydrogen) atoms. The van der Waals surface area contributed by atoms with Gasteiger partial charge in [0.25, 0.3) is 0 Å². The third kappa shape index (κ3) is 4.67. The van der Waals surface area contributed by atoms with Crippen LogP contribution in [0.5, 0.6) is 0 Å². The van der Waals surface area contributed by atoms with Gasteiger partial charge in [-0.05, 0) is 30.2 Å². The van der Waals surface area contributed by atoms with E-state index in [4.69, 9.17) is 0 Å². The number of benzene rings is 1. The molecule has 7 heteroatoms. The summed E-state index contributed by atoms with van der Waals surface area (Å²) in [7, 11) is 1.78. The van der Waals surface area contributed by atoms with Crippen molar-refractivity contribution in [1.29, 1.82) is 0 Å². The number of aromatic amines is 1. The lowest BCUT2D eigenvalue weighted by atomic mass is 10.1. The summed E-state index contributed by atoms with van der Waals surface area (Å²) in [6, 6.07) is 12.6. The minimum atomic E-state index is 0.687. The highest BCUT2D eigenvalue weighted by Gasteiger charge is 2.04. The Morgan fingerprint density at radius 1 is 1.16 bits per heavy atom. The molecule has 0 aliphatic carbocycles. The van der Waals surface area contributed by atoms with Crippen LogP contribution in [0.15, 0.2) is 47.7 Å². The van der Waals surface area contributed by atoms with E-state index < -0.39 is 0 Å². The van der Waals surface area contributed by atoms with Gasteiger partial charge in [0.05, 0.1) is 6.54 Å². The molecule has 6 nitrogen and oxygen atoms in total. The molecule has 1 aromatic carbocycles. The molecular weight excluding hydrogens is 332 g/mol. The Bertz CT molecular complexity index is 822. The lowest BCUT2D eigenvalue weighted by Gasteiger charge is -2.11. The topological polar surface area (TPSA) is 78.0 Å². The number of hydrogen-bond donors (Lipinski definition) is 3. The molecule has 0 saturated carbocycles. The van der Waals surface area contributed by atoms with Crippen LogP contribution >= 0.6 is 11.3 Å². The Kier molecular flexibility index (Phi) is 5.79. The monoisotopic (exact) mass is 354 g/mol. The minimum Gasteiger partial charge on any atom is -0.352 e. The van der Waals surface area contributed by atoms with Gasteiger partial charge in [-0.25, -0.2) is 4.98 Å². The zero-order valence-corrected chi connectivity index (χ0v) is 15.2. The number of aromatic nitrogens is 3. The fourth-order valence-electron chi connectivity index (χ4n) is 2.46. The van der Waals surface area contributed by atoms with E-state index in [2.05, 4.69) is 62.0 Å². The molecule has 0 aliphatic heterocycles. The van der Waals surface area contributed by atoms with Crippen LogP contribution < -0.4 is 10.6 Å². The van der Waals surface area contributed by atoms with Crippen LogP contribution in [0.25, 0.3) is 11.4 Å². The van der Waals surface area contributed by atoms with E-state index in [-0.39, 0.29) is 0 Å². The van der Waals surface area contributed by atoms with E-state index in [0.717, 1.165) is 35.9 Å². The number of hydrogen-bond acceptors (Lipinski definition) is 4. The van der Waals surface area contributed by atoms with E-state index >= 15 is 0 Å². The highest BCUT2D eigenvalue weighted by molar-refractivity contribution is 7.11. The number of nitrogens with zero attached hydrogens (tertiary/aromatic N) is 3. The molecule has 0 spiro atoms. The van der Waals surface area contributed by atoms with Crippen molar-refractivity contribution in [2.45, 2.75) is 26.4 Å². The van der Waals surface area contributed by atoms with Gasteiger partial charge in [-0.1, -0.05) is 25.1 Å². The number of guanidine groups is 1. The van der Waals surface area contributed by atoms with Gasteiger partial charge in [0.1, 0.15) is 6.33 Å². The maximum absolute atomic E-state index is 4.29. The van der Waals surface area contributed by atoms with Crippen molar-refractivity contribution in [2.24, 2.45) is 4.99 Å². The second-order valence-electron chi connectivity index (χ2n) is 5.54. The molecule has 0 aliphatic rings. The van der Waals surface area contributed by atoms with Gasteiger partial charge in [0.15, 0.2) is 11.8 Å². The fraction of sp³-hybridized carbons (Fsp3) is 0.278. The van der Waals surface area contributed by atoms with Gasteiger partial charge in [-0.3, -0.25) is 10.1 Å². The smallest absolute Gasteiger partial charge is 0.191 e. The Morgan fingerprint density at radius 3 is 2.72 bits per heavy atom. The predicted octanol–water partition coefficient (Wildman–Crippen LogP) is 2.96. The predicted molar refractivity (Wildman–Crippen MR) is 103 cm³/mol. The number of rotatable bonds is 6. The lowest BCUT2D eigenvalue weighted by Crippen LogP contribution is -2.36. The minimum absolute atomic E-state index is 0.687. The summed E-state index contributed by atoms with van der Waals surface area (Å²) in [5, 5.41) is 13.5. The first-order valence-electron chi connectivity index (χ1n) is 8.25. The fourth-order valence-corrected chi connectivity index (χ4v) is 3.36. The summed E-state index contributed by atoms with van der Waals surface area (Å²) in [6.45, 7) is 3.64. The zero-order valence-electron chi connectivity index (χ0n) is 14.4. The van der Waals surface area contributed by atoms with Crippen LogP contribution in [0.3, 0.4) is 0 Å². The molecule has 0 radical (unpaired) electrons. The first-order valence-corrected chi connectivity index (χ1v) is 9.07. The third-order valence-electron chi connectivity index (χ3n) is 3.79. The Morgan fingerprint density at radius 2 is 2.00 bits per heavy atom. The maximum Gasteiger partial charge on any atom is 0.191 e. The highest BCUT2D eigenvalue weighted by Crippen LogP contribution is 2.17. The van der Waals surface area contributed by atoms with Crippen LogP contribution in [0.4, 0.5) is 0 Å². The molecule has 130 valence electrons. The van der Waals surface area contributed by atoms with Crippen molar-refractivity contribution >= 4 is 17.3 Å². The second-order valence-corrected chi connectivity index (χ2v) is 6.79. The summed E-state index contributed by atoms with van der Waals surface area (Å²) >= 11 is 1.84. The van der Waals surface area contributed by atoms with Crippen LogP contribution in [-0.2, 0) is 19.5 Å². The molecule has 0 saturated heterocycles. The van der Waals surface area contributed by atoms with Crippen molar-refractivity contribution in [2.75, 3.05) is 7.05 Å². The largest absolute Gasteiger partial charge is 0.352 e. The molecule has 0 amide bonds. The molecule has 3 aromatic rings. The quantitative estimate of drug-likeness (QED) is 0.470. The summed E-state index contributed by atoms with van der Waals surface area (Å²) in [4.78, 5) is 11.2. The summed E-state index contributed by atoms with van der Waals surface area (Å²) in [6.07, 6.45) is 2.60.